The highest BCUT2D eigenvalue weighted by molar-refractivity contribution is 5.33. The summed E-state index contributed by atoms with van der Waals surface area (Å²) in [6.07, 6.45) is 1.92. The molecule has 0 atom stereocenters. The Kier molecular flexibility index (Phi) is 2.33. The van der Waals surface area contributed by atoms with Crippen molar-refractivity contribution in [3.8, 4) is 5.69 Å². The largest absolute Gasteiger partial charge is 0.392 e. The van der Waals surface area contributed by atoms with E-state index in [2.05, 4.69) is 5.10 Å². The Bertz CT molecular complexity index is 417. The van der Waals surface area contributed by atoms with Crippen molar-refractivity contribution < 1.29 is 5.11 Å². The van der Waals surface area contributed by atoms with Crippen molar-refractivity contribution in [1.82, 2.24) is 9.78 Å². The molecule has 2 aromatic rings. The fourth-order valence-electron chi connectivity index (χ4n) is 1.31. The van der Waals surface area contributed by atoms with E-state index in [-0.39, 0.29) is 6.61 Å². The Morgan fingerprint density at radius 2 is 1.93 bits per heavy atom. The van der Waals surface area contributed by atoms with Crippen LogP contribution in [-0.2, 0) is 6.61 Å². The maximum Gasteiger partial charge on any atom is 0.0681 e. The Hall–Kier alpha value is -1.61. The zero-order chi connectivity index (χ0) is 9.97. The fraction of sp³-hybridized carbons (Fsp3) is 0.182. The average molecular weight is 188 g/mol. The molecule has 0 aliphatic heterocycles. The molecule has 2 rings (SSSR count). The SMILES string of the molecule is Cc1ccn(-c2ccc(CO)cc2)n1. The molecule has 0 saturated heterocycles. The van der Waals surface area contributed by atoms with Crippen LogP contribution in [0.3, 0.4) is 0 Å². The van der Waals surface area contributed by atoms with Crippen molar-refractivity contribution in [2.75, 3.05) is 0 Å². The van der Waals surface area contributed by atoms with E-state index in [1.807, 2.05) is 48.1 Å². The lowest BCUT2D eigenvalue weighted by Crippen LogP contribution is -1.95. The summed E-state index contributed by atoms with van der Waals surface area (Å²) < 4.78 is 1.82. The quantitative estimate of drug-likeness (QED) is 0.778. The molecule has 3 nitrogen and oxygen atoms in total. The Morgan fingerprint density at radius 1 is 1.21 bits per heavy atom. The van der Waals surface area contributed by atoms with Crippen molar-refractivity contribution >= 4 is 0 Å². The maximum absolute atomic E-state index is 8.88. The average Bonchev–Trinajstić information content (AvgIpc) is 2.65. The second-order valence-corrected chi connectivity index (χ2v) is 3.23. The van der Waals surface area contributed by atoms with Crippen molar-refractivity contribution in [2.45, 2.75) is 13.5 Å². The number of aliphatic hydroxyl groups excluding tert-OH is 1. The molecular formula is C11H12N2O. The number of rotatable bonds is 2. The van der Waals surface area contributed by atoms with Gasteiger partial charge in [0, 0.05) is 6.20 Å². The van der Waals surface area contributed by atoms with Gasteiger partial charge in [0.05, 0.1) is 18.0 Å². The molecule has 0 fully saturated rings. The molecule has 0 aliphatic carbocycles. The van der Waals surface area contributed by atoms with E-state index in [0.29, 0.717) is 0 Å². The van der Waals surface area contributed by atoms with Gasteiger partial charge in [-0.2, -0.15) is 5.10 Å². The lowest BCUT2D eigenvalue weighted by molar-refractivity contribution is 0.282. The van der Waals surface area contributed by atoms with Crippen LogP contribution in [-0.4, -0.2) is 14.9 Å². The van der Waals surface area contributed by atoms with E-state index in [1.54, 1.807) is 0 Å². The summed E-state index contributed by atoms with van der Waals surface area (Å²) in [5, 5.41) is 13.2. The van der Waals surface area contributed by atoms with Crippen LogP contribution < -0.4 is 0 Å². The Morgan fingerprint density at radius 3 is 2.43 bits per heavy atom. The smallest absolute Gasteiger partial charge is 0.0681 e. The third-order valence-corrected chi connectivity index (χ3v) is 2.11. The van der Waals surface area contributed by atoms with E-state index < -0.39 is 0 Å². The minimum atomic E-state index is 0.0818. The molecular weight excluding hydrogens is 176 g/mol. The van der Waals surface area contributed by atoms with Gasteiger partial charge in [-0.05, 0) is 30.7 Å². The van der Waals surface area contributed by atoms with E-state index in [0.717, 1.165) is 16.9 Å². The number of hydrogen-bond donors (Lipinski definition) is 1. The van der Waals surface area contributed by atoms with Gasteiger partial charge in [-0.15, -0.1) is 0 Å². The van der Waals surface area contributed by atoms with Crippen LogP contribution in [0, 0.1) is 6.92 Å². The number of aryl methyl sites for hydroxylation is 1. The molecule has 1 heterocycles. The fourth-order valence-corrected chi connectivity index (χ4v) is 1.31. The van der Waals surface area contributed by atoms with Crippen LogP contribution in [0.1, 0.15) is 11.3 Å². The van der Waals surface area contributed by atoms with Gasteiger partial charge in [-0.1, -0.05) is 12.1 Å². The molecule has 0 radical (unpaired) electrons. The highest BCUT2D eigenvalue weighted by Gasteiger charge is 1.97. The van der Waals surface area contributed by atoms with Gasteiger partial charge in [0.15, 0.2) is 0 Å². The predicted molar refractivity (Wildman–Crippen MR) is 54.2 cm³/mol. The van der Waals surface area contributed by atoms with Crippen LogP contribution in [0.4, 0.5) is 0 Å². The van der Waals surface area contributed by atoms with Crippen molar-refractivity contribution in [3.05, 3.63) is 47.8 Å². The minimum Gasteiger partial charge on any atom is -0.392 e. The van der Waals surface area contributed by atoms with E-state index >= 15 is 0 Å². The summed E-state index contributed by atoms with van der Waals surface area (Å²) in [6, 6.07) is 9.63. The minimum absolute atomic E-state index is 0.0818. The highest BCUT2D eigenvalue weighted by atomic mass is 16.3. The summed E-state index contributed by atoms with van der Waals surface area (Å²) in [6.45, 7) is 2.04. The molecule has 0 bridgehead atoms. The molecule has 14 heavy (non-hydrogen) atoms. The van der Waals surface area contributed by atoms with Crippen molar-refractivity contribution in [3.63, 3.8) is 0 Å². The lowest BCUT2D eigenvalue weighted by atomic mass is 10.2. The normalized spacial score (nSPS) is 10.4. The second-order valence-electron chi connectivity index (χ2n) is 3.23. The predicted octanol–water partition coefficient (Wildman–Crippen LogP) is 1.67. The lowest BCUT2D eigenvalue weighted by Gasteiger charge is -2.01. The summed E-state index contributed by atoms with van der Waals surface area (Å²) in [5.41, 5.74) is 2.92. The molecule has 1 aromatic carbocycles. The standard InChI is InChI=1S/C11H12N2O/c1-9-6-7-13(12-9)11-4-2-10(8-14)3-5-11/h2-7,14H,8H2,1H3. The van der Waals surface area contributed by atoms with Crippen LogP contribution in [0.25, 0.3) is 5.69 Å². The second kappa shape index (κ2) is 3.64. The van der Waals surface area contributed by atoms with Crippen LogP contribution in [0.2, 0.25) is 0 Å². The van der Waals surface area contributed by atoms with Crippen molar-refractivity contribution in [2.24, 2.45) is 0 Å². The topological polar surface area (TPSA) is 38.0 Å². The molecule has 0 amide bonds. The zero-order valence-electron chi connectivity index (χ0n) is 8.01. The molecule has 1 N–H and O–H groups in total. The molecule has 0 saturated carbocycles. The number of hydrogen-bond acceptors (Lipinski definition) is 2. The molecule has 1 aromatic heterocycles. The molecule has 0 spiro atoms. The van der Waals surface area contributed by atoms with Crippen LogP contribution in [0.15, 0.2) is 36.5 Å². The summed E-state index contributed by atoms with van der Waals surface area (Å²) >= 11 is 0. The van der Waals surface area contributed by atoms with Crippen molar-refractivity contribution in [1.29, 1.82) is 0 Å². The Labute approximate surface area is 82.6 Å². The number of benzene rings is 1. The number of nitrogens with zero attached hydrogens (tertiary/aromatic N) is 2. The van der Waals surface area contributed by atoms with Gasteiger partial charge in [0.25, 0.3) is 0 Å². The van der Waals surface area contributed by atoms with Crippen LogP contribution >= 0.6 is 0 Å². The molecule has 0 unspecified atom stereocenters. The first kappa shape index (κ1) is 8.97. The monoisotopic (exact) mass is 188 g/mol. The molecule has 72 valence electrons. The third kappa shape index (κ3) is 1.67. The first-order chi connectivity index (χ1) is 6.79. The van der Waals surface area contributed by atoms with Gasteiger partial charge in [-0.3, -0.25) is 0 Å². The number of aliphatic hydroxyl groups is 1. The van der Waals surface area contributed by atoms with Crippen LogP contribution in [0.5, 0.6) is 0 Å². The zero-order valence-corrected chi connectivity index (χ0v) is 8.01. The van der Waals surface area contributed by atoms with Gasteiger partial charge in [0.1, 0.15) is 0 Å². The maximum atomic E-state index is 8.88. The molecule has 3 heteroatoms. The summed E-state index contributed by atoms with van der Waals surface area (Å²) in [4.78, 5) is 0. The van der Waals surface area contributed by atoms with E-state index in [1.165, 1.54) is 0 Å². The first-order valence-corrected chi connectivity index (χ1v) is 4.52. The first-order valence-electron chi connectivity index (χ1n) is 4.52. The highest BCUT2D eigenvalue weighted by Crippen LogP contribution is 2.09. The van der Waals surface area contributed by atoms with E-state index in [9.17, 15) is 0 Å². The van der Waals surface area contributed by atoms with Gasteiger partial charge < -0.3 is 5.11 Å². The number of aromatic nitrogens is 2. The molecule has 0 aliphatic rings. The summed E-state index contributed by atoms with van der Waals surface area (Å²) in [7, 11) is 0. The van der Waals surface area contributed by atoms with Gasteiger partial charge >= 0.3 is 0 Å². The van der Waals surface area contributed by atoms with Gasteiger partial charge in [0.2, 0.25) is 0 Å². The van der Waals surface area contributed by atoms with Gasteiger partial charge in [-0.25, -0.2) is 4.68 Å². The van der Waals surface area contributed by atoms with E-state index in [4.69, 9.17) is 5.11 Å². The third-order valence-electron chi connectivity index (χ3n) is 2.11. The Balaban J connectivity index is 2.33. The summed E-state index contributed by atoms with van der Waals surface area (Å²) in [5.74, 6) is 0.